The molecule has 3 nitrogen and oxygen atoms in total. The summed E-state index contributed by atoms with van der Waals surface area (Å²) in [5.41, 5.74) is 2.59. The molecule has 20 heavy (non-hydrogen) atoms. The van der Waals surface area contributed by atoms with E-state index in [4.69, 9.17) is 9.47 Å². The monoisotopic (exact) mass is 291 g/mol. The molecule has 0 saturated carbocycles. The van der Waals surface area contributed by atoms with Gasteiger partial charge in [0, 0.05) is 6.04 Å². The molecule has 0 saturated heterocycles. The molecule has 0 spiro atoms. The molecule has 1 heterocycles. The van der Waals surface area contributed by atoms with Crippen molar-refractivity contribution in [3.63, 3.8) is 0 Å². The molecule has 0 aliphatic rings. The summed E-state index contributed by atoms with van der Waals surface area (Å²) in [4.78, 5) is 0. The predicted octanol–water partition coefficient (Wildman–Crippen LogP) is 3.66. The average Bonchev–Trinajstić information content (AvgIpc) is 2.99. The summed E-state index contributed by atoms with van der Waals surface area (Å²) in [6, 6.07) is 8.51. The van der Waals surface area contributed by atoms with Gasteiger partial charge < -0.3 is 14.8 Å². The van der Waals surface area contributed by atoms with Crippen LogP contribution >= 0.6 is 11.3 Å². The molecule has 0 aliphatic carbocycles. The summed E-state index contributed by atoms with van der Waals surface area (Å²) in [5.74, 6) is 1.54. The third-order valence-corrected chi connectivity index (χ3v) is 4.08. The van der Waals surface area contributed by atoms with E-state index in [1.165, 1.54) is 11.1 Å². The number of methoxy groups -OCH3 is 2. The highest BCUT2D eigenvalue weighted by Gasteiger charge is 2.09. The maximum Gasteiger partial charge on any atom is 0.161 e. The van der Waals surface area contributed by atoms with Crippen molar-refractivity contribution >= 4 is 11.3 Å². The Morgan fingerprint density at radius 1 is 1.15 bits per heavy atom. The number of hydrogen-bond acceptors (Lipinski definition) is 4. The highest BCUT2D eigenvalue weighted by atomic mass is 32.1. The zero-order valence-corrected chi connectivity index (χ0v) is 13.0. The minimum Gasteiger partial charge on any atom is -0.493 e. The first-order valence-electron chi connectivity index (χ1n) is 6.71. The SMILES string of the molecule is COc1ccc(C(C)NCCc2ccsc2)cc1OC. The molecular weight excluding hydrogens is 270 g/mol. The summed E-state index contributed by atoms with van der Waals surface area (Å²) in [7, 11) is 3.32. The summed E-state index contributed by atoms with van der Waals surface area (Å²) in [6.45, 7) is 3.13. The van der Waals surface area contributed by atoms with Crippen molar-refractivity contribution in [2.45, 2.75) is 19.4 Å². The van der Waals surface area contributed by atoms with E-state index in [0.717, 1.165) is 24.5 Å². The topological polar surface area (TPSA) is 30.5 Å². The van der Waals surface area contributed by atoms with E-state index in [0.29, 0.717) is 0 Å². The molecule has 0 radical (unpaired) electrons. The molecule has 1 aromatic heterocycles. The zero-order valence-electron chi connectivity index (χ0n) is 12.2. The summed E-state index contributed by atoms with van der Waals surface area (Å²) in [6.07, 6.45) is 1.06. The average molecular weight is 291 g/mol. The standard InChI is InChI=1S/C16H21NO2S/c1-12(17-8-6-13-7-9-20-11-13)14-4-5-15(18-2)16(10-14)19-3/h4-5,7,9-12,17H,6,8H2,1-3H3. The number of hydrogen-bond donors (Lipinski definition) is 1. The molecule has 1 N–H and O–H groups in total. The molecule has 0 bridgehead atoms. The first kappa shape index (κ1) is 14.9. The Morgan fingerprint density at radius 3 is 2.60 bits per heavy atom. The first-order valence-corrected chi connectivity index (χ1v) is 7.65. The van der Waals surface area contributed by atoms with E-state index in [1.807, 2.05) is 12.1 Å². The van der Waals surface area contributed by atoms with Gasteiger partial charge in [-0.15, -0.1) is 0 Å². The summed E-state index contributed by atoms with van der Waals surface area (Å²) >= 11 is 1.75. The van der Waals surface area contributed by atoms with Crippen LogP contribution in [0.3, 0.4) is 0 Å². The quantitative estimate of drug-likeness (QED) is 0.844. The van der Waals surface area contributed by atoms with Gasteiger partial charge in [-0.1, -0.05) is 6.07 Å². The van der Waals surface area contributed by atoms with Gasteiger partial charge >= 0.3 is 0 Å². The van der Waals surface area contributed by atoms with Crippen LogP contribution < -0.4 is 14.8 Å². The van der Waals surface area contributed by atoms with E-state index in [-0.39, 0.29) is 6.04 Å². The van der Waals surface area contributed by atoms with Crippen molar-refractivity contribution in [2.75, 3.05) is 20.8 Å². The van der Waals surface area contributed by atoms with Crippen LogP contribution in [0.5, 0.6) is 11.5 Å². The maximum absolute atomic E-state index is 5.34. The van der Waals surface area contributed by atoms with E-state index in [1.54, 1.807) is 25.6 Å². The van der Waals surface area contributed by atoms with E-state index >= 15 is 0 Å². The molecule has 0 fully saturated rings. The Kier molecular flexibility index (Phi) is 5.44. The lowest BCUT2D eigenvalue weighted by molar-refractivity contribution is 0.354. The summed E-state index contributed by atoms with van der Waals surface area (Å²) in [5, 5.41) is 7.85. The van der Waals surface area contributed by atoms with Gasteiger partial charge in [-0.3, -0.25) is 0 Å². The predicted molar refractivity (Wildman–Crippen MR) is 84.0 cm³/mol. The Morgan fingerprint density at radius 2 is 1.95 bits per heavy atom. The zero-order chi connectivity index (χ0) is 14.4. The minimum absolute atomic E-state index is 0.286. The lowest BCUT2D eigenvalue weighted by Gasteiger charge is -2.16. The Bertz CT molecular complexity index is 525. The third kappa shape index (κ3) is 3.74. The Hall–Kier alpha value is -1.52. The lowest BCUT2D eigenvalue weighted by atomic mass is 10.1. The largest absolute Gasteiger partial charge is 0.493 e. The van der Waals surface area contributed by atoms with E-state index < -0.39 is 0 Å². The van der Waals surface area contributed by atoms with Crippen LogP contribution in [0.1, 0.15) is 24.1 Å². The highest BCUT2D eigenvalue weighted by molar-refractivity contribution is 7.07. The number of ether oxygens (including phenoxy) is 2. The van der Waals surface area contributed by atoms with Gasteiger partial charge in [0.1, 0.15) is 0 Å². The van der Waals surface area contributed by atoms with Crippen LogP contribution in [0.4, 0.5) is 0 Å². The van der Waals surface area contributed by atoms with Crippen molar-refractivity contribution in [2.24, 2.45) is 0 Å². The lowest BCUT2D eigenvalue weighted by Crippen LogP contribution is -2.21. The van der Waals surface area contributed by atoms with Gasteiger partial charge in [0.2, 0.25) is 0 Å². The fourth-order valence-corrected chi connectivity index (χ4v) is 2.81. The first-order chi connectivity index (χ1) is 9.74. The number of nitrogens with one attached hydrogen (secondary N) is 1. The maximum atomic E-state index is 5.34. The smallest absolute Gasteiger partial charge is 0.161 e. The fourth-order valence-electron chi connectivity index (χ4n) is 2.11. The van der Waals surface area contributed by atoms with Gasteiger partial charge in [0.25, 0.3) is 0 Å². The van der Waals surface area contributed by atoms with Crippen molar-refractivity contribution in [1.29, 1.82) is 0 Å². The van der Waals surface area contributed by atoms with Gasteiger partial charge in [0.15, 0.2) is 11.5 Å². The van der Waals surface area contributed by atoms with Crippen molar-refractivity contribution < 1.29 is 9.47 Å². The molecule has 0 amide bonds. The van der Waals surface area contributed by atoms with Crippen LogP contribution in [0.15, 0.2) is 35.0 Å². The minimum atomic E-state index is 0.286. The number of benzene rings is 1. The molecule has 108 valence electrons. The van der Waals surface area contributed by atoms with Crippen LogP contribution in [-0.2, 0) is 6.42 Å². The van der Waals surface area contributed by atoms with Gasteiger partial charge in [-0.25, -0.2) is 0 Å². The third-order valence-electron chi connectivity index (χ3n) is 3.35. The summed E-state index contributed by atoms with van der Waals surface area (Å²) < 4.78 is 10.6. The molecule has 2 aromatic rings. The van der Waals surface area contributed by atoms with Crippen LogP contribution in [0, 0.1) is 0 Å². The Balaban J connectivity index is 1.93. The second-order valence-electron chi connectivity index (χ2n) is 4.67. The highest BCUT2D eigenvalue weighted by Crippen LogP contribution is 2.29. The normalized spacial score (nSPS) is 12.2. The van der Waals surface area contributed by atoms with Gasteiger partial charge in [0.05, 0.1) is 14.2 Å². The van der Waals surface area contributed by atoms with Crippen LogP contribution in [-0.4, -0.2) is 20.8 Å². The Labute approximate surface area is 124 Å². The number of thiophene rings is 1. The molecule has 1 atom stereocenters. The number of rotatable bonds is 7. The molecule has 1 unspecified atom stereocenters. The molecule has 1 aromatic carbocycles. The molecular formula is C16H21NO2S. The van der Waals surface area contributed by atoms with Crippen molar-refractivity contribution in [3.05, 3.63) is 46.2 Å². The van der Waals surface area contributed by atoms with Crippen molar-refractivity contribution in [3.8, 4) is 11.5 Å². The van der Waals surface area contributed by atoms with Crippen LogP contribution in [0.25, 0.3) is 0 Å². The second kappa shape index (κ2) is 7.31. The molecule has 2 rings (SSSR count). The van der Waals surface area contributed by atoms with E-state index in [9.17, 15) is 0 Å². The second-order valence-corrected chi connectivity index (χ2v) is 5.45. The van der Waals surface area contributed by atoms with Crippen LogP contribution in [0.2, 0.25) is 0 Å². The molecule has 0 aliphatic heterocycles. The van der Waals surface area contributed by atoms with Gasteiger partial charge in [-0.05, 0) is 60.0 Å². The van der Waals surface area contributed by atoms with Crippen molar-refractivity contribution in [1.82, 2.24) is 5.32 Å². The van der Waals surface area contributed by atoms with Gasteiger partial charge in [-0.2, -0.15) is 11.3 Å². The fraction of sp³-hybridized carbons (Fsp3) is 0.375. The van der Waals surface area contributed by atoms with E-state index in [2.05, 4.69) is 35.1 Å². The molecule has 4 heteroatoms.